The summed E-state index contributed by atoms with van der Waals surface area (Å²) in [5.41, 5.74) is -0.628. The molecule has 4 heteroatoms. The minimum atomic E-state index is -0.628. The molecule has 0 bridgehead atoms. The molecule has 1 aliphatic rings. The first-order chi connectivity index (χ1) is 7.52. The van der Waals surface area contributed by atoms with Gasteiger partial charge in [-0.15, -0.1) is 0 Å². The van der Waals surface area contributed by atoms with Gasteiger partial charge in [-0.2, -0.15) is 11.8 Å². The summed E-state index contributed by atoms with van der Waals surface area (Å²) >= 11 is 1.98. The fraction of sp³-hybridized carbons (Fsp3) is 1.00. The Kier molecular flexibility index (Phi) is 6.11. The van der Waals surface area contributed by atoms with Gasteiger partial charge >= 0.3 is 0 Å². The van der Waals surface area contributed by atoms with E-state index < -0.39 is 5.60 Å². The van der Waals surface area contributed by atoms with E-state index in [0.29, 0.717) is 25.8 Å². The Labute approximate surface area is 103 Å². The highest BCUT2D eigenvalue weighted by Crippen LogP contribution is 2.17. The van der Waals surface area contributed by atoms with Crippen LogP contribution < -0.4 is 5.32 Å². The van der Waals surface area contributed by atoms with Gasteiger partial charge in [0.15, 0.2) is 0 Å². The van der Waals surface area contributed by atoms with Crippen LogP contribution in [-0.4, -0.2) is 48.0 Å². The first-order valence-electron chi connectivity index (χ1n) is 6.13. The molecule has 0 aliphatic carbocycles. The van der Waals surface area contributed by atoms with Gasteiger partial charge in [-0.25, -0.2) is 0 Å². The van der Waals surface area contributed by atoms with Crippen molar-refractivity contribution in [2.24, 2.45) is 5.92 Å². The second-order valence-corrected chi connectivity index (χ2v) is 6.32. The van der Waals surface area contributed by atoms with E-state index in [1.54, 1.807) is 0 Å². The molecule has 2 N–H and O–H groups in total. The number of nitrogens with one attached hydrogen (secondary N) is 1. The molecule has 0 aromatic heterocycles. The highest BCUT2D eigenvalue weighted by atomic mass is 32.2. The molecule has 2 unspecified atom stereocenters. The fourth-order valence-electron chi connectivity index (χ4n) is 1.64. The maximum Gasteiger partial charge on any atom is 0.102 e. The van der Waals surface area contributed by atoms with Crippen molar-refractivity contribution in [3.8, 4) is 0 Å². The van der Waals surface area contributed by atoms with Crippen LogP contribution in [0.5, 0.6) is 0 Å². The van der Waals surface area contributed by atoms with E-state index in [-0.39, 0.29) is 0 Å². The molecule has 0 spiro atoms. The van der Waals surface area contributed by atoms with Crippen LogP contribution in [0.3, 0.4) is 0 Å². The van der Waals surface area contributed by atoms with Crippen molar-refractivity contribution in [2.45, 2.75) is 38.8 Å². The summed E-state index contributed by atoms with van der Waals surface area (Å²) in [6.45, 7) is 8.47. The fourth-order valence-corrected chi connectivity index (χ4v) is 2.72. The molecule has 1 heterocycles. The third-order valence-electron chi connectivity index (χ3n) is 2.68. The lowest BCUT2D eigenvalue weighted by Crippen LogP contribution is -2.44. The third-order valence-corrected chi connectivity index (χ3v) is 4.32. The van der Waals surface area contributed by atoms with E-state index >= 15 is 0 Å². The lowest BCUT2D eigenvalue weighted by Gasteiger charge is -2.23. The molecule has 0 amide bonds. The van der Waals surface area contributed by atoms with Crippen molar-refractivity contribution < 1.29 is 9.84 Å². The van der Waals surface area contributed by atoms with Crippen molar-refractivity contribution >= 4 is 11.8 Å². The minimum Gasteiger partial charge on any atom is -0.386 e. The quantitative estimate of drug-likeness (QED) is 0.715. The van der Waals surface area contributed by atoms with Gasteiger partial charge < -0.3 is 15.2 Å². The zero-order valence-electron chi connectivity index (χ0n) is 10.7. The van der Waals surface area contributed by atoms with Gasteiger partial charge in [0.1, 0.15) is 5.60 Å². The van der Waals surface area contributed by atoms with Crippen LogP contribution in [0.4, 0.5) is 0 Å². The summed E-state index contributed by atoms with van der Waals surface area (Å²) in [6.07, 6.45) is 0.756. The molecular formula is C12H25NO2S. The average molecular weight is 247 g/mol. The van der Waals surface area contributed by atoms with E-state index in [4.69, 9.17) is 4.74 Å². The van der Waals surface area contributed by atoms with Gasteiger partial charge in [0.05, 0.1) is 6.61 Å². The summed E-state index contributed by atoms with van der Waals surface area (Å²) < 4.78 is 5.21. The smallest absolute Gasteiger partial charge is 0.102 e. The maximum absolute atomic E-state index is 10.1. The Morgan fingerprint density at radius 2 is 2.12 bits per heavy atom. The van der Waals surface area contributed by atoms with Crippen LogP contribution in [0, 0.1) is 5.92 Å². The zero-order chi connectivity index (χ0) is 12.0. The second kappa shape index (κ2) is 6.84. The largest absolute Gasteiger partial charge is 0.386 e. The van der Waals surface area contributed by atoms with E-state index in [1.807, 2.05) is 11.8 Å². The Morgan fingerprint density at radius 3 is 2.69 bits per heavy atom. The summed E-state index contributed by atoms with van der Waals surface area (Å²) in [4.78, 5) is 0. The Hall–Kier alpha value is 0.230. The van der Waals surface area contributed by atoms with Gasteiger partial charge in [0, 0.05) is 31.4 Å². The topological polar surface area (TPSA) is 41.5 Å². The number of rotatable bonds is 7. The second-order valence-electron chi connectivity index (χ2n) is 5.24. The Morgan fingerprint density at radius 1 is 1.38 bits per heavy atom. The summed E-state index contributed by atoms with van der Waals surface area (Å²) in [6, 6.07) is 0.452. The standard InChI is InChI=1S/C12H25NO2S/c1-10(2)6-16-7-11(3)13-8-12(14)4-5-15-9-12/h10-11,13-14H,4-9H2,1-3H3. The number of hydrogen-bond donors (Lipinski definition) is 2. The first-order valence-corrected chi connectivity index (χ1v) is 7.28. The molecule has 0 saturated carbocycles. The van der Waals surface area contributed by atoms with Crippen LogP contribution in [0.2, 0.25) is 0 Å². The van der Waals surface area contributed by atoms with Crippen LogP contribution in [0.1, 0.15) is 27.2 Å². The predicted molar refractivity (Wildman–Crippen MR) is 70.0 cm³/mol. The van der Waals surface area contributed by atoms with Gasteiger partial charge in [0.25, 0.3) is 0 Å². The highest BCUT2D eigenvalue weighted by Gasteiger charge is 2.32. The third kappa shape index (κ3) is 5.53. The zero-order valence-corrected chi connectivity index (χ0v) is 11.5. The van der Waals surface area contributed by atoms with Gasteiger partial charge in [-0.05, 0) is 18.6 Å². The molecule has 0 aromatic carbocycles. The van der Waals surface area contributed by atoms with E-state index in [2.05, 4.69) is 26.1 Å². The van der Waals surface area contributed by atoms with E-state index in [1.165, 1.54) is 5.75 Å². The number of hydrogen-bond acceptors (Lipinski definition) is 4. The predicted octanol–water partition coefficient (Wildman–Crippen LogP) is 1.51. The van der Waals surface area contributed by atoms with E-state index in [9.17, 15) is 5.11 Å². The highest BCUT2D eigenvalue weighted by molar-refractivity contribution is 7.99. The van der Waals surface area contributed by atoms with Gasteiger partial charge in [-0.1, -0.05) is 13.8 Å². The monoisotopic (exact) mass is 247 g/mol. The molecular weight excluding hydrogens is 222 g/mol. The van der Waals surface area contributed by atoms with Crippen molar-refractivity contribution in [3.63, 3.8) is 0 Å². The van der Waals surface area contributed by atoms with Gasteiger partial charge in [-0.3, -0.25) is 0 Å². The van der Waals surface area contributed by atoms with Crippen molar-refractivity contribution in [1.29, 1.82) is 0 Å². The molecule has 2 atom stereocenters. The Bertz CT molecular complexity index is 193. The van der Waals surface area contributed by atoms with Crippen LogP contribution in [-0.2, 0) is 4.74 Å². The lowest BCUT2D eigenvalue weighted by atomic mass is 10.0. The minimum absolute atomic E-state index is 0.452. The van der Waals surface area contributed by atoms with Gasteiger partial charge in [0.2, 0.25) is 0 Å². The average Bonchev–Trinajstić information content (AvgIpc) is 2.62. The summed E-state index contributed by atoms with van der Waals surface area (Å²) in [7, 11) is 0. The van der Waals surface area contributed by atoms with Crippen LogP contribution in [0.25, 0.3) is 0 Å². The van der Waals surface area contributed by atoms with E-state index in [0.717, 1.165) is 18.1 Å². The summed E-state index contributed by atoms with van der Waals surface area (Å²) in [5, 5.41) is 13.4. The molecule has 16 heavy (non-hydrogen) atoms. The molecule has 96 valence electrons. The maximum atomic E-state index is 10.1. The van der Waals surface area contributed by atoms with Crippen molar-refractivity contribution in [1.82, 2.24) is 5.32 Å². The number of ether oxygens (including phenoxy) is 1. The molecule has 1 rings (SSSR count). The van der Waals surface area contributed by atoms with Crippen molar-refractivity contribution in [3.05, 3.63) is 0 Å². The lowest BCUT2D eigenvalue weighted by molar-refractivity contribution is 0.0257. The SMILES string of the molecule is CC(C)CSCC(C)NCC1(O)CCOC1. The summed E-state index contributed by atoms with van der Waals surface area (Å²) in [5.74, 6) is 3.07. The molecule has 0 radical (unpaired) electrons. The Balaban J connectivity index is 2.07. The first kappa shape index (κ1) is 14.3. The molecule has 3 nitrogen and oxygen atoms in total. The number of aliphatic hydroxyl groups is 1. The van der Waals surface area contributed by atoms with Crippen LogP contribution >= 0.6 is 11.8 Å². The normalized spacial score (nSPS) is 27.6. The molecule has 1 aliphatic heterocycles. The van der Waals surface area contributed by atoms with Crippen molar-refractivity contribution in [2.75, 3.05) is 31.3 Å². The molecule has 0 aromatic rings. The van der Waals surface area contributed by atoms with Crippen LogP contribution in [0.15, 0.2) is 0 Å². The number of thioether (sulfide) groups is 1. The molecule has 1 saturated heterocycles. The molecule has 1 fully saturated rings.